The summed E-state index contributed by atoms with van der Waals surface area (Å²) in [6, 6.07) is 6.58. The van der Waals surface area contributed by atoms with Crippen molar-refractivity contribution in [1.29, 1.82) is 0 Å². The summed E-state index contributed by atoms with van der Waals surface area (Å²) >= 11 is 3.28. The summed E-state index contributed by atoms with van der Waals surface area (Å²) < 4.78 is 13.9. The number of nitrogens with one attached hydrogen (secondary N) is 1. The first kappa shape index (κ1) is 14.5. The highest BCUT2D eigenvalue weighted by Gasteiger charge is 2.34. The minimum atomic E-state index is -0.185. The van der Waals surface area contributed by atoms with Gasteiger partial charge in [0.2, 0.25) is 0 Å². The zero-order valence-electron chi connectivity index (χ0n) is 11.9. The number of halogens is 2. The maximum atomic E-state index is 13.3. The molecule has 0 spiro atoms. The zero-order valence-corrected chi connectivity index (χ0v) is 13.5. The van der Waals surface area contributed by atoms with Crippen LogP contribution < -0.4 is 5.32 Å². The van der Waals surface area contributed by atoms with Crippen molar-refractivity contribution < 1.29 is 4.39 Å². The van der Waals surface area contributed by atoms with Gasteiger partial charge in [0.1, 0.15) is 5.82 Å². The molecule has 0 aromatic heterocycles. The quantitative estimate of drug-likeness (QED) is 0.905. The van der Waals surface area contributed by atoms with Gasteiger partial charge in [0.05, 0.1) is 4.47 Å². The van der Waals surface area contributed by atoms with Crippen LogP contribution in [0.3, 0.4) is 0 Å². The van der Waals surface area contributed by atoms with Gasteiger partial charge in [-0.05, 0) is 72.3 Å². The Hall–Kier alpha value is -0.450. The standard InChI is InChI=1S/C16H22BrFN2/c1-11-6-7-19-16(13-3-4-13)10-20(11)9-12-2-5-15(18)14(17)8-12/h2,5,8,11,13,16,19H,3-4,6-7,9-10H2,1H3. The number of benzene rings is 1. The van der Waals surface area contributed by atoms with Gasteiger partial charge in [-0.2, -0.15) is 0 Å². The Morgan fingerprint density at radius 1 is 1.35 bits per heavy atom. The molecule has 1 aliphatic carbocycles. The van der Waals surface area contributed by atoms with Crippen molar-refractivity contribution in [3.63, 3.8) is 0 Å². The molecule has 110 valence electrons. The van der Waals surface area contributed by atoms with Crippen LogP contribution in [0.2, 0.25) is 0 Å². The molecule has 1 aliphatic heterocycles. The molecule has 2 nitrogen and oxygen atoms in total. The van der Waals surface area contributed by atoms with Crippen LogP contribution in [0.25, 0.3) is 0 Å². The van der Waals surface area contributed by atoms with E-state index in [0.29, 0.717) is 16.6 Å². The third-order valence-corrected chi connectivity index (χ3v) is 5.19. The lowest BCUT2D eigenvalue weighted by Gasteiger charge is -2.29. The van der Waals surface area contributed by atoms with E-state index in [9.17, 15) is 4.39 Å². The van der Waals surface area contributed by atoms with Gasteiger partial charge in [-0.1, -0.05) is 6.07 Å². The number of rotatable bonds is 3. The van der Waals surface area contributed by atoms with Crippen LogP contribution in [0.5, 0.6) is 0 Å². The molecule has 1 aromatic carbocycles. The lowest BCUT2D eigenvalue weighted by atomic mass is 10.1. The maximum absolute atomic E-state index is 13.3. The number of hydrogen-bond acceptors (Lipinski definition) is 2. The second-order valence-electron chi connectivity index (χ2n) is 6.21. The van der Waals surface area contributed by atoms with Crippen LogP contribution in [-0.2, 0) is 6.54 Å². The fourth-order valence-corrected chi connectivity index (χ4v) is 3.49. The molecular formula is C16H22BrFN2. The van der Waals surface area contributed by atoms with Gasteiger partial charge in [0, 0.05) is 25.2 Å². The van der Waals surface area contributed by atoms with Crippen molar-refractivity contribution in [3.05, 3.63) is 34.1 Å². The van der Waals surface area contributed by atoms with Crippen molar-refractivity contribution in [3.8, 4) is 0 Å². The summed E-state index contributed by atoms with van der Waals surface area (Å²) in [6.45, 7) is 5.44. The average molecular weight is 341 g/mol. The molecule has 2 aliphatic rings. The first-order chi connectivity index (χ1) is 9.63. The maximum Gasteiger partial charge on any atom is 0.137 e. The van der Waals surface area contributed by atoms with Crippen LogP contribution in [-0.4, -0.2) is 30.1 Å². The molecule has 2 atom stereocenters. The van der Waals surface area contributed by atoms with Gasteiger partial charge < -0.3 is 5.32 Å². The summed E-state index contributed by atoms with van der Waals surface area (Å²) in [5, 5.41) is 3.70. The van der Waals surface area contributed by atoms with E-state index >= 15 is 0 Å². The highest BCUT2D eigenvalue weighted by atomic mass is 79.9. The molecule has 20 heavy (non-hydrogen) atoms. The van der Waals surface area contributed by atoms with E-state index in [2.05, 4.69) is 33.1 Å². The molecule has 0 bridgehead atoms. The molecule has 2 unspecified atom stereocenters. The molecule has 4 heteroatoms. The van der Waals surface area contributed by atoms with E-state index < -0.39 is 0 Å². The minimum absolute atomic E-state index is 0.185. The van der Waals surface area contributed by atoms with Crippen LogP contribution >= 0.6 is 15.9 Å². The van der Waals surface area contributed by atoms with Crippen molar-refractivity contribution in [2.45, 2.75) is 44.8 Å². The van der Waals surface area contributed by atoms with Crippen molar-refractivity contribution in [2.24, 2.45) is 5.92 Å². The predicted molar refractivity (Wildman–Crippen MR) is 83.1 cm³/mol. The van der Waals surface area contributed by atoms with Gasteiger partial charge >= 0.3 is 0 Å². The molecule has 0 amide bonds. The molecule has 1 saturated heterocycles. The van der Waals surface area contributed by atoms with E-state index in [1.807, 2.05) is 12.1 Å². The largest absolute Gasteiger partial charge is 0.312 e. The first-order valence-corrected chi connectivity index (χ1v) is 8.34. The van der Waals surface area contributed by atoms with Gasteiger partial charge in [0.25, 0.3) is 0 Å². The molecule has 1 aromatic rings. The summed E-state index contributed by atoms with van der Waals surface area (Å²) in [5.41, 5.74) is 1.18. The van der Waals surface area contributed by atoms with Crippen molar-refractivity contribution >= 4 is 15.9 Å². The van der Waals surface area contributed by atoms with Gasteiger partial charge in [-0.15, -0.1) is 0 Å². The molecular weight excluding hydrogens is 319 g/mol. The third kappa shape index (κ3) is 3.41. The lowest BCUT2D eigenvalue weighted by Crippen LogP contribution is -2.40. The predicted octanol–water partition coefficient (Wildman–Crippen LogP) is 3.55. The summed E-state index contributed by atoms with van der Waals surface area (Å²) in [7, 11) is 0. The van der Waals surface area contributed by atoms with E-state index in [4.69, 9.17) is 0 Å². The Labute approximate surface area is 128 Å². The number of nitrogens with zero attached hydrogens (tertiary/aromatic N) is 1. The highest BCUT2D eigenvalue weighted by Crippen LogP contribution is 2.34. The summed E-state index contributed by atoms with van der Waals surface area (Å²) in [4.78, 5) is 2.54. The smallest absolute Gasteiger partial charge is 0.137 e. The molecule has 3 rings (SSSR count). The number of hydrogen-bond donors (Lipinski definition) is 1. The van der Waals surface area contributed by atoms with Crippen LogP contribution in [0, 0.1) is 11.7 Å². The van der Waals surface area contributed by atoms with E-state index in [-0.39, 0.29) is 5.82 Å². The fraction of sp³-hybridized carbons (Fsp3) is 0.625. The Bertz CT molecular complexity index is 476. The average Bonchev–Trinajstić information content (AvgIpc) is 3.24. The topological polar surface area (TPSA) is 15.3 Å². The SMILES string of the molecule is CC1CCNC(C2CC2)CN1Cc1ccc(F)c(Br)c1. The second kappa shape index (κ2) is 6.12. The van der Waals surface area contributed by atoms with Crippen molar-refractivity contribution in [2.75, 3.05) is 13.1 Å². The van der Waals surface area contributed by atoms with E-state index in [1.54, 1.807) is 6.07 Å². The zero-order chi connectivity index (χ0) is 14.1. The highest BCUT2D eigenvalue weighted by molar-refractivity contribution is 9.10. The Kier molecular flexibility index (Phi) is 4.43. The molecule has 1 heterocycles. The van der Waals surface area contributed by atoms with Crippen LogP contribution in [0.1, 0.15) is 31.7 Å². The summed E-state index contributed by atoms with van der Waals surface area (Å²) in [6.07, 6.45) is 3.94. The summed E-state index contributed by atoms with van der Waals surface area (Å²) in [5.74, 6) is 0.693. The normalized spacial score (nSPS) is 28.4. The molecule has 1 saturated carbocycles. The van der Waals surface area contributed by atoms with Crippen LogP contribution in [0.15, 0.2) is 22.7 Å². The van der Waals surface area contributed by atoms with Gasteiger partial charge in [-0.25, -0.2) is 4.39 Å². The Balaban J connectivity index is 1.70. The fourth-order valence-electron chi connectivity index (χ4n) is 3.06. The molecule has 1 N–H and O–H groups in total. The third-order valence-electron chi connectivity index (χ3n) is 4.58. The van der Waals surface area contributed by atoms with Crippen molar-refractivity contribution in [1.82, 2.24) is 10.2 Å². The van der Waals surface area contributed by atoms with Crippen LogP contribution in [0.4, 0.5) is 4.39 Å². The van der Waals surface area contributed by atoms with Gasteiger partial charge in [0.15, 0.2) is 0 Å². The lowest BCUT2D eigenvalue weighted by molar-refractivity contribution is 0.190. The molecule has 0 radical (unpaired) electrons. The monoisotopic (exact) mass is 340 g/mol. The molecule has 2 fully saturated rings. The first-order valence-electron chi connectivity index (χ1n) is 7.55. The van der Waals surface area contributed by atoms with Gasteiger partial charge in [-0.3, -0.25) is 4.90 Å². The Morgan fingerprint density at radius 3 is 2.85 bits per heavy atom. The van der Waals surface area contributed by atoms with E-state index in [1.165, 1.54) is 24.8 Å². The van der Waals surface area contributed by atoms with E-state index in [0.717, 1.165) is 25.6 Å². The Morgan fingerprint density at radius 2 is 2.15 bits per heavy atom. The minimum Gasteiger partial charge on any atom is -0.312 e. The second-order valence-corrected chi connectivity index (χ2v) is 7.07.